The highest BCUT2D eigenvalue weighted by molar-refractivity contribution is 6.62. The van der Waals surface area contributed by atoms with Crippen LogP contribution in [0.5, 0.6) is 0 Å². The lowest BCUT2D eigenvalue weighted by molar-refractivity contribution is 0.0475. The molecule has 136 valence electrons. The molecule has 2 unspecified atom stereocenters. The summed E-state index contributed by atoms with van der Waals surface area (Å²) in [6.45, 7) is 14.4. The normalized spacial score (nSPS) is 19.5. The van der Waals surface area contributed by atoms with Crippen molar-refractivity contribution < 1.29 is 13.3 Å². The number of hydrogen-bond donors (Lipinski definition) is 0. The van der Waals surface area contributed by atoms with E-state index in [0.717, 1.165) is 12.3 Å². The molecule has 0 aromatic carbocycles. The maximum absolute atomic E-state index is 6.19. The van der Waals surface area contributed by atoms with Gasteiger partial charge in [-0.15, -0.1) is 6.58 Å². The summed E-state index contributed by atoms with van der Waals surface area (Å²) >= 11 is 0. The van der Waals surface area contributed by atoms with Crippen LogP contribution in [0.2, 0.25) is 5.54 Å². The van der Waals surface area contributed by atoms with E-state index >= 15 is 0 Å². The zero-order valence-electron chi connectivity index (χ0n) is 15.8. The summed E-state index contributed by atoms with van der Waals surface area (Å²) in [7, 11) is -2.63. The van der Waals surface area contributed by atoms with Gasteiger partial charge in [-0.1, -0.05) is 45.1 Å². The largest absolute Gasteiger partial charge is 0.504 e. The Labute approximate surface area is 145 Å². The van der Waals surface area contributed by atoms with Crippen molar-refractivity contribution in [3.8, 4) is 0 Å². The first-order chi connectivity index (χ1) is 11.1. The molecule has 1 aliphatic carbocycles. The van der Waals surface area contributed by atoms with E-state index in [9.17, 15) is 0 Å². The molecule has 1 aliphatic rings. The molecule has 1 saturated carbocycles. The van der Waals surface area contributed by atoms with Gasteiger partial charge in [-0.2, -0.15) is 0 Å². The predicted octanol–water partition coefficient (Wildman–Crippen LogP) is 5.59. The number of hydrogen-bond acceptors (Lipinski definition) is 3. The molecule has 0 aromatic heterocycles. The molecule has 0 N–H and O–H groups in total. The number of allylic oxidation sites excluding steroid dienone is 1. The maximum atomic E-state index is 6.19. The van der Waals surface area contributed by atoms with Crippen molar-refractivity contribution in [2.24, 2.45) is 11.8 Å². The van der Waals surface area contributed by atoms with Crippen molar-refractivity contribution in [3.05, 3.63) is 12.7 Å². The van der Waals surface area contributed by atoms with Crippen LogP contribution in [0.4, 0.5) is 0 Å². The summed E-state index contributed by atoms with van der Waals surface area (Å²) in [6.07, 6.45) is 11.1. The SMILES string of the molecule is C=CCCC(C1CCCCC1)C(C)[Si](OCC)(OCC)OCC. The third kappa shape index (κ3) is 6.00. The summed E-state index contributed by atoms with van der Waals surface area (Å²) in [6, 6.07) is 0. The average Bonchev–Trinajstić information content (AvgIpc) is 2.56. The summed E-state index contributed by atoms with van der Waals surface area (Å²) in [4.78, 5) is 0. The first kappa shape index (κ1) is 20.9. The van der Waals surface area contributed by atoms with Crippen LogP contribution in [-0.2, 0) is 13.3 Å². The van der Waals surface area contributed by atoms with Crippen molar-refractivity contribution in [1.29, 1.82) is 0 Å². The van der Waals surface area contributed by atoms with Gasteiger partial charge < -0.3 is 13.3 Å². The van der Waals surface area contributed by atoms with Gasteiger partial charge in [-0.3, -0.25) is 0 Å². The molecule has 0 spiro atoms. The van der Waals surface area contributed by atoms with Crippen molar-refractivity contribution >= 4 is 8.80 Å². The second-order valence-electron chi connectivity index (χ2n) is 6.62. The van der Waals surface area contributed by atoms with Gasteiger partial charge in [0.1, 0.15) is 0 Å². The lowest BCUT2D eigenvalue weighted by Gasteiger charge is -2.41. The van der Waals surface area contributed by atoms with Crippen molar-refractivity contribution in [2.75, 3.05) is 19.8 Å². The summed E-state index contributed by atoms with van der Waals surface area (Å²) < 4.78 is 18.6. The molecular formula is C19H38O3Si. The Morgan fingerprint density at radius 2 is 1.52 bits per heavy atom. The molecule has 0 aromatic rings. The smallest absolute Gasteiger partial charge is 0.374 e. The summed E-state index contributed by atoms with van der Waals surface area (Å²) in [5.74, 6) is 1.40. The van der Waals surface area contributed by atoms with Crippen LogP contribution in [0.3, 0.4) is 0 Å². The van der Waals surface area contributed by atoms with Crippen molar-refractivity contribution in [3.63, 3.8) is 0 Å². The van der Waals surface area contributed by atoms with Crippen LogP contribution in [0.15, 0.2) is 12.7 Å². The van der Waals surface area contributed by atoms with E-state index in [0.29, 0.717) is 31.3 Å². The second kappa shape index (κ2) is 11.4. The molecule has 1 fully saturated rings. The van der Waals surface area contributed by atoms with Crippen LogP contribution in [0.1, 0.15) is 72.6 Å². The summed E-state index contributed by atoms with van der Waals surface area (Å²) in [5.41, 5.74) is 0.352. The first-order valence-corrected chi connectivity index (χ1v) is 11.5. The Morgan fingerprint density at radius 3 is 1.96 bits per heavy atom. The molecule has 0 aliphatic heterocycles. The Kier molecular flexibility index (Phi) is 10.4. The third-order valence-corrected chi connectivity index (χ3v) is 8.81. The molecule has 0 saturated heterocycles. The molecule has 0 amide bonds. The Morgan fingerprint density at radius 1 is 1.00 bits per heavy atom. The quantitative estimate of drug-likeness (QED) is 0.342. The van der Waals surface area contributed by atoms with Gasteiger partial charge in [0.15, 0.2) is 0 Å². The fourth-order valence-electron chi connectivity index (χ4n) is 4.15. The Bertz CT molecular complexity index is 299. The van der Waals surface area contributed by atoms with Crippen molar-refractivity contribution in [2.45, 2.75) is 78.2 Å². The highest BCUT2D eigenvalue weighted by Crippen LogP contribution is 2.44. The highest BCUT2D eigenvalue weighted by atomic mass is 28.4. The Hall–Kier alpha value is -0.163. The molecule has 3 nitrogen and oxygen atoms in total. The van der Waals surface area contributed by atoms with E-state index < -0.39 is 8.80 Å². The van der Waals surface area contributed by atoms with Crippen LogP contribution in [0, 0.1) is 11.8 Å². The van der Waals surface area contributed by atoms with Crippen LogP contribution < -0.4 is 0 Å². The lowest BCUT2D eigenvalue weighted by Crippen LogP contribution is -2.52. The maximum Gasteiger partial charge on any atom is 0.504 e. The molecule has 0 heterocycles. The van der Waals surface area contributed by atoms with Gasteiger partial charge in [0.2, 0.25) is 0 Å². The van der Waals surface area contributed by atoms with Gasteiger partial charge in [0.25, 0.3) is 0 Å². The fraction of sp³-hybridized carbons (Fsp3) is 0.895. The zero-order valence-corrected chi connectivity index (χ0v) is 16.8. The standard InChI is InChI=1S/C19H38O3Si/c1-6-10-16-19(18-14-12-11-13-15-18)17(5)23(20-7-2,21-8-3)22-9-4/h6,17-19H,1,7-16H2,2-5H3. The first-order valence-electron chi connectivity index (χ1n) is 9.67. The minimum absolute atomic E-state index is 0.352. The minimum atomic E-state index is -2.63. The third-order valence-electron chi connectivity index (χ3n) is 5.20. The van der Waals surface area contributed by atoms with Gasteiger partial charge in [0.05, 0.1) is 0 Å². The van der Waals surface area contributed by atoms with E-state index in [1.165, 1.54) is 38.5 Å². The zero-order chi connectivity index (χ0) is 17.1. The fourth-order valence-corrected chi connectivity index (χ4v) is 7.36. The van der Waals surface area contributed by atoms with E-state index in [1.54, 1.807) is 0 Å². The van der Waals surface area contributed by atoms with Gasteiger partial charge >= 0.3 is 8.80 Å². The van der Waals surface area contributed by atoms with E-state index in [2.05, 4.69) is 13.5 Å². The van der Waals surface area contributed by atoms with E-state index in [1.807, 2.05) is 26.8 Å². The molecular weight excluding hydrogens is 304 g/mol. The van der Waals surface area contributed by atoms with Crippen LogP contribution >= 0.6 is 0 Å². The highest BCUT2D eigenvalue weighted by Gasteiger charge is 2.51. The summed E-state index contributed by atoms with van der Waals surface area (Å²) in [5, 5.41) is 0. The average molecular weight is 343 g/mol. The monoisotopic (exact) mass is 342 g/mol. The second-order valence-corrected chi connectivity index (χ2v) is 9.60. The molecule has 2 atom stereocenters. The van der Waals surface area contributed by atoms with Crippen LogP contribution in [-0.4, -0.2) is 28.6 Å². The van der Waals surface area contributed by atoms with Crippen LogP contribution in [0.25, 0.3) is 0 Å². The van der Waals surface area contributed by atoms with Crippen molar-refractivity contribution in [1.82, 2.24) is 0 Å². The Balaban J connectivity index is 2.98. The predicted molar refractivity (Wildman–Crippen MR) is 99.6 cm³/mol. The molecule has 4 heteroatoms. The lowest BCUT2D eigenvalue weighted by atomic mass is 9.76. The van der Waals surface area contributed by atoms with Gasteiger partial charge in [0, 0.05) is 25.4 Å². The van der Waals surface area contributed by atoms with Gasteiger partial charge in [-0.25, -0.2) is 0 Å². The van der Waals surface area contributed by atoms with E-state index in [4.69, 9.17) is 13.3 Å². The minimum Gasteiger partial charge on any atom is -0.374 e. The van der Waals surface area contributed by atoms with E-state index in [-0.39, 0.29) is 0 Å². The molecule has 23 heavy (non-hydrogen) atoms. The number of rotatable bonds is 12. The molecule has 1 rings (SSSR count). The van der Waals surface area contributed by atoms with Gasteiger partial charge in [-0.05, 0) is 45.4 Å². The molecule has 0 bridgehead atoms. The molecule has 0 radical (unpaired) electrons. The topological polar surface area (TPSA) is 27.7 Å².